The van der Waals surface area contributed by atoms with Crippen LogP contribution in [0.2, 0.25) is 0 Å². The van der Waals surface area contributed by atoms with Crippen molar-refractivity contribution in [3.8, 4) is 0 Å². The third-order valence-electron chi connectivity index (χ3n) is 2.37. The van der Waals surface area contributed by atoms with Crippen molar-refractivity contribution in [2.75, 3.05) is 6.54 Å². The van der Waals surface area contributed by atoms with Crippen molar-refractivity contribution in [3.05, 3.63) is 12.3 Å². The summed E-state index contributed by atoms with van der Waals surface area (Å²) in [4.78, 5) is 0. The maximum Gasteiger partial charge on any atom is 0.0174 e. The van der Waals surface area contributed by atoms with Crippen LogP contribution >= 0.6 is 0 Å². The molecule has 1 heteroatoms. The van der Waals surface area contributed by atoms with Crippen LogP contribution in [0.4, 0.5) is 0 Å². The van der Waals surface area contributed by atoms with E-state index in [-0.39, 0.29) is 0 Å². The van der Waals surface area contributed by atoms with Crippen LogP contribution in [-0.2, 0) is 0 Å². The third kappa shape index (κ3) is 3.80. The molecule has 1 aliphatic heterocycles. The minimum absolute atomic E-state index is 0.820. The van der Waals surface area contributed by atoms with E-state index < -0.39 is 0 Å². The van der Waals surface area contributed by atoms with Crippen LogP contribution in [0.25, 0.3) is 0 Å². The van der Waals surface area contributed by atoms with E-state index >= 15 is 0 Å². The van der Waals surface area contributed by atoms with Crippen LogP contribution in [0.5, 0.6) is 0 Å². The maximum atomic E-state index is 3.90. The molecule has 1 atom stereocenters. The second-order valence-corrected chi connectivity index (χ2v) is 3.53. The summed E-state index contributed by atoms with van der Waals surface area (Å²) in [5, 5.41) is 3.32. The molecular formula is C11H23N. The highest BCUT2D eigenvalue weighted by Gasteiger charge is 2.17. The lowest BCUT2D eigenvalue weighted by Gasteiger charge is -2.27. The predicted molar refractivity (Wildman–Crippen MR) is 56.1 cm³/mol. The summed E-state index contributed by atoms with van der Waals surface area (Å²) in [6.45, 7) is 13.6. The fraction of sp³-hybridized carbons (Fsp3) is 0.818. The van der Waals surface area contributed by atoms with Gasteiger partial charge in [-0.15, -0.1) is 0 Å². The summed E-state index contributed by atoms with van der Waals surface area (Å²) in [6.07, 6.45) is 2.49. The lowest BCUT2D eigenvalue weighted by atomic mass is 9.88. The molecule has 0 saturated carbocycles. The van der Waals surface area contributed by atoms with E-state index in [2.05, 4.69) is 25.7 Å². The maximum absolute atomic E-state index is 3.90. The molecule has 12 heavy (non-hydrogen) atoms. The second-order valence-electron chi connectivity index (χ2n) is 3.53. The summed E-state index contributed by atoms with van der Waals surface area (Å²) in [7, 11) is 0. The molecular weight excluding hydrogens is 146 g/mol. The lowest BCUT2D eigenvalue weighted by molar-refractivity contribution is 0.321. The van der Waals surface area contributed by atoms with E-state index in [0.717, 1.165) is 18.4 Å². The van der Waals surface area contributed by atoms with E-state index in [4.69, 9.17) is 0 Å². The minimum Gasteiger partial charge on any atom is -0.389 e. The van der Waals surface area contributed by atoms with Crippen LogP contribution in [0.3, 0.4) is 0 Å². The third-order valence-corrected chi connectivity index (χ3v) is 2.37. The van der Waals surface area contributed by atoms with Gasteiger partial charge in [-0.3, -0.25) is 0 Å². The number of hydrogen-bond donors (Lipinski definition) is 1. The Labute approximate surface area is 77.2 Å². The molecule has 0 radical (unpaired) electrons. The van der Waals surface area contributed by atoms with Crippen molar-refractivity contribution in [3.63, 3.8) is 0 Å². The van der Waals surface area contributed by atoms with Crippen molar-refractivity contribution >= 4 is 0 Å². The number of allylic oxidation sites excluding steroid dienone is 1. The molecule has 0 amide bonds. The molecule has 1 unspecified atom stereocenters. The van der Waals surface area contributed by atoms with E-state index in [0.29, 0.717) is 0 Å². The van der Waals surface area contributed by atoms with Crippen molar-refractivity contribution in [1.29, 1.82) is 0 Å². The molecule has 0 bridgehead atoms. The number of piperidine rings is 1. The van der Waals surface area contributed by atoms with Crippen molar-refractivity contribution in [2.24, 2.45) is 11.8 Å². The molecule has 0 aromatic carbocycles. The predicted octanol–water partition coefficient (Wildman–Crippen LogP) is 3.18. The standard InChI is InChI=1S/C9H17N.C2H6/c1-7(2)9-5-4-8(3)10-6-9;1-2/h7,9-10H,3-6H2,1-2H3;1-2H3. The normalized spacial score (nSPS) is 22.8. The average molecular weight is 169 g/mol. The van der Waals surface area contributed by atoms with Gasteiger partial charge in [0.15, 0.2) is 0 Å². The lowest BCUT2D eigenvalue weighted by Crippen LogP contribution is -2.30. The largest absolute Gasteiger partial charge is 0.389 e. The SMILES string of the molecule is C=C1CCC(C(C)C)CN1.CC. The number of nitrogens with one attached hydrogen (secondary N) is 1. The van der Waals surface area contributed by atoms with Gasteiger partial charge in [-0.25, -0.2) is 0 Å². The van der Waals surface area contributed by atoms with Crippen LogP contribution in [0.15, 0.2) is 12.3 Å². The topological polar surface area (TPSA) is 12.0 Å². The fourth-order valence-corrected chi connectivity index (χ4v) is 1.39. The first-order valence-electron chi connectivity index (χ1n) is 5.12. The van der Waals surface area contributed by atoms with Crippen LogP contribution in [-0.4, -0.2) is 6.54 Å². The zero-order chi connectivity index (χ0) is 9.56. The number of hydrogen-bond acceptors (Lipinski definition) is 1. The van der Waals surface area contributed by atoms with Gasteiger partial charge in [-0.05, 0) is 24.7 Å². The Balaban J connectivity index is 0.000000561. The van der Waals surface area contributed by atoms with Gasteiger partial charge in [0, 0.05) is 12.2 Å². The van der Waals surface area contributed by atoms with E-state index in [1.807, 2.05) is 13.8 Å². The first kappa shape index (κ1) is 11.5. The Morgan fingerprint density at radius 1 is 1.42 bits per heavy atom. The van der Waals surface area contributed by atoms with E-state index in [1.165, 1.54) is 18.5 Å². The summed E-state index contributed by atoms with van der Waals surface area (Å²) in [5.74, 6) is 1.69. The smallest absolute Gasteiger partial charge is 0.0174 e. The Bertz CT molecular complexity index is 117. The molecule has 1 rings (SSSR count). The van der Waals surface area contributed by atoms with E-state index in [9.17, 15) is 0 Å². The molecule has 1 fully saturated rings. The Morgan fingerprint density at radius 2 is 2.00 bits per heavy atom. The van der Waals surface area contributed by atoms with Gasteiger partial charge in [0.2, 0.25) is 0 Å². The van der Waals surface area contributed by atoms with Crippen molar-refractivity contribution in [1.82, 2.24) is 5.32 Å². The number of rotatable bonds is 1. The first-order chi connectivity index (χ1) is 5.70. The van der Waals surface area contributed by atoms with Gasteiger partial charge in [0.1, 0.15) is 0 Å². The summed E-state index contributed by atoms with van der Waals surface area (Å²) in [5.41, 5.74) is 1.22. The highest BCUT2D eigenvalue weighted by molar-refractivity contribution is 4.96. The summed E-state index contributed by atoms with van der Waals surface area (Å²) < 4.78 is 0. The Morgan fingerprint density at radius 3 is 2.33 bits per heavy atom. The van der Waals surface area contributed by atoms with Gasteiger partial charge >= 0.3 is 0 Å². The molecule has 0 aromatic heterocycles. The van der Waals surface area contributed by atoms with Crippen molar-refractivity contribution < 1.29 is 0 Å². The summed E-state index contributed by atoms with van der Waals surface area (Å²) >= 11 is 0. The van der Waals surface area contributed by atoms with Gasteiger partial charge in [-0.1, -0.05) is 34.3 Å². The Kier molecular flexibility index (Phi) is 5.87. The average Bonchev–Trinajstić information content (AvgIpc) is 2.09. The van der Waals surface area contributed by atoms with Gasteiger partial charge in [-0.2, -0.15) is 0 Å². The highest BCUT2D eigenvalue weighted by atomic mass is 14.9. The molecule has 1 N–H and O–H groups in total. The van der Waals surface area contributed by atoms with Crippen LogP contribution in [0, 0.1) is 11.8 Å². The zero-order valence-corrected chi connectivity index (χ0v) is 8.98. The van der Waals surface area contributed by atoms with Crippen LogP contribution < -0.4 is 5.32 Å². The first-order valence-corrected chi connectivity index (χ1v) is 5.12. The molecule has 1 heterocycles. The minimum atomic E-state index is 0.820. The molecule has 1 nitrogen and oxygen atoms in total. The molecule has 0 aliphatic carbocycles. The Hall–Kier alpha value is -0.460. The van der Waals surface area contributed by atoms with Crippen LogP contribution in [0.1, 0.15) is 40.5 Å². The van der Waals surface area contributed by atoms with Gasteiger partial charge in [0.05, 0.1) is 0 Å². The second kappa shape index (κ2) is 6.10. The molecule has 72 valence electrons. The molecule has 1 saturated heterocycles. The molecule has 1 aliphatic rings. The molecule has 0 aromatic rings. The van der Waals surface area contributed by atoms with Gasteiger partial charge in [0.25, 0.3) is 0 Å². The van der Waals surface area contributed by atoms with Gasteiger partial charge < -0.3 is 5.32 Å². The van der Waals surface area contributed by atoms with Crippen molar-refractivity contribution in [2.45, 2.75) is 40.5 Å². The quantitative estimate of drug-likeness (QED) is 0.635. The van der Waals surface area contributed by atoms with E-state index in [1.54, 1.807) is 0 Å². The summed E-state index contributed by atoms with van der Waals surface area (Å²) in [6, 6.07) is 0. The molecule has 0 spiro atoms. The monoisotopic (exact) mass is 169 g/mol. The fourth-order valence-electron chi connectivity index (χ4n) is 1.39. The zero-order valence-electron chi connectivity index (χ0n) is 8.98. The highest BCUT2D eigenvalue weighted by Crippen LogP contribution is 2.21.